The Kier molecular flexibility index (Phi) is 4.54. The van der Waals surface area contributed by atoms with Crippen LogP contribution in [0.25, 0.3) is 0 Å². The highest BCUT2D eigenvalue weighted by atomic mass is 16.5. The number of nitriles is 1. The lowest BCUT2D eigenvalue weighted by atomic mass is 9.94. The molecule has 1 aromatic rings. The van der Waals surface area contributed by atoms with Gasteiger partial charge in [-0.25, -0.2) is 0 Å². The first-order valence-corrected chi connectivity index (χ1v) is 6.63. The van der Waals surface area contributed by atoms with Crippen LogP contribution in [-0.4, -0.2) is 30.5 Å². The van der Waals surface area contributed by atoms with Crippen molar-refractivity contribution in [2.75, 3.05) is 19.8 Å². The number of aliphatic hydroxyl groups is 1. The van der Waals surface area contributed by atoms with Gasteiger partial charge in [0.2, 0.25) is 0 Å². The van der Waals surface area contributed by atoms with Gasteiger partial charge in [-0.05, 0) is 30.2 Å². The second-order valence-corrected chi connectivity index (χ2v) is 5.19. The van der Waals surface area contributed by atoms with E-state index in [1.165, 1.54) is 0 Å². The first kappa shape index (κ1) is 14.0. The Bertz CT molecular complexity index is 474. The van der Waals surface area contributed by atoms with Gasteiger partial charge in [-0.3, -0.25) is 0 Å². The number of hydrogen-bond donors (Lipinski definition) is 2. The molecule has 0 saturated carbocycles. The second-order valence-electron chi connectivity index (χ2n) is 5.19. The molecule has 1 saturated heterocycles. The quantitative estimate of drug-likeness (QED) is 0.861. The number of ether oxygens (including phenoxy) is 1. The van der Waals surface area contributed by atoms with Crippen LogP contribution in [0.5, 0.6) is 0 Å². The largest absolute Gasteiger partial charge is 0.388 e. The molecule has 2 N–H and O–H groups in total. The number of aryl methyl sites for hydroxylation is 1. The molecule has 0 aliphatic carbocycles. The van der Waals surface area contributed by atoms with Gasteiger partial charge in [0.15, 0.2) is 0 Å². The molecule has 0 atom stereocenters. The van der Waals surface area contributed by atoms with E-state index in [1.54, 1.807) is 0 Å². The fourth-order valence-corrected chi connectivity index (χ4v) is 2.32. The van der Waals surface area contributed by atoms with Gasteiger partial charge in [0.05, 0.1) is 17.2 Å². The highest BCUT2D eigenvalue weighted by Gasteiger charge is 2.29. The SMILES string of the molecule is Cc1cc(C#N)ccc1CNCC1(O)CCOCC1. The lowest BCUT2D eigenvalue weighted by molar-refractivity contribution is -0.0617. The Balaban J connectivity index is 1.87. The fraction of sp³-hybridized carbons (Fsp3) is 0.533. The summed E-state index contributed by atoms with van der Waals surface area (Å²) < 4.78 is 5.26. The Morgan fingerprint density at radius 1 is 1.42 bits per heavy atom. The Morgan fingerprint density at radius 2 is 2.16 bits per heavy atom. The molecule has 19 heavy (non-hydrogen) atoms. The lowest BCUT2D eigenvalue weighted by Crippen LogP contribution is -2.44. The van der Waals surface area contributed by atoms with Crippen LogP contribution in [0.15, 0.2) is 18.2 Å². The molecule has 1 aliphatic heterocycles. The number of nitrogens with zero attached hydrogens (tertiary/aromatic N) is 1. The molecule has 0 bridgehead atoms. The maximum Gasteiger partial charge on any atom is 0.0991 e. The molecule has 2 rings (SSSR count). The van der Waals surface area contributed by atoms with E-state index in [0.717, 1.165) is 11.1 Å². The summed E-state index contributed by atoms with van der Waals surface area (Å²) in [5.41, 5.74) is 2.31. The Morgan fingerprint density at radius 3 is 2.79 bits per heavy atom. The van der Waals surface area contributed by atoms with Crippen molar-refractivity contribution in [2.45, 2.75) is 31.9 Å². The standard InChI is InChI=1S/C15H20N2O2/c1-12-8-13(9-16)2-3-14(12)10-17-11-15(18)4-6-19-7-5-15/h2-3,8,17-18H,4-7,10-11H2,1H3. The first-order valence-electron chi connectivity index (χ1n) is 6.63. The van der Waals surface area contributed by atoms with Crippen molar-refractivity contribution in [3.63, 3.8) is 0 Å². The molecule has 0 unspecified atom stereocenters. The zero-order chi connectivity index (χ0) is 13.7. The third-order valence-corrected chi connectivity index (χ3v) is 3.66. The van der Waals surface area contributed by atoms with Gasteiger partial charge in [-0.2, -0.15) is 5.26 Å². The molecular weight excluding hydrogens is 240 g/mol. The van der Waals surface area contributed by atoms with Crippen LogP contribution >= 0.6 is 0 Å². The normalized spacial score (nSPS) is 17.9. The summed E-state index contributed by atoms with van der Waals surface area (Å²) >= 11 is 0. The molecule has 1 heterocycles. The summed E-state index contributed by atoms with van der Waals surface area (Å²) in [7, 11) is 0. The molecule has 0 radical (unpaired) electrons. The van der Waals surface area contributed by atoms with E-state index in [1.807, 2.05) is 25.1 Å². The predicted molar refractivity (Wildman–Crippen MR) is 72.6 cm³/mol. The number of hydrogen-bond acceptors (Lipinski definition) is 4. The molecular formula is C15H20N2O2. The van der Waals surface area contributed by atoms with E-state index in [0.29, 0.717) is 44.7 Å². The van der Waals surface area contributed by atoms with Crippen LogP contribution < -0.4 is 5.32 Å². The van der Waals surface area contributed by atoms with Gasteiger partial charge in [0.1, 0.15) is 0 Å². The van der Waals surface area contributed by atoms with Gasteiger partial charge < -0.3 is 15.2 Å². The van der Waals surface area contributed by atoms with E-state index < -0.39 is 5.60 Å². The highest BCUT2D eigenvalue weighted by Crippen LogP contribution is 2.19. The van der Waals surface area contributed by atoms with Gasteiger partial charge in [0, 0.05) is 39.1 Å². The van der Waals surface area contributed by atoms with Gasteiger partial charge in [0.25, 0.3) is 0 Å². The lowest BCUT2D eigenvalue weighted by Gasteiger charge is -2.32. The molecule has 1 aliphatic rings. The van der Waals surface area contributed by atoms with E-state index in [4.69, 9.17) is 10.00 Å². The highest BCUT2D eigenvalue weighted by molar-refractivity contribution is 5.37. The molecule has 102 valence electrons. The van der Waals surface area contributed by atoms with E-state index in [2.05, 4.69) is 11.4 Å². The van der Waals surface area contributed by atoms with Crippen LogP contribution in [0.2, 0.25) is 0 Å². The third kappa shape index (κ3) is 3.77. The van der Waals surface area contributed by atoms with Crippen molar-refractivity contribution in [3.05, 3.63) is 34.9 Å². The Labute approximate surface area is 114 Å². The maximum atomic E-state index is 10.3. The molecule has 4 heteroatoms. The van der Waals surface area contributed by atoms with Crippen LogP contribution in [0.3, 0.4) is 0 Å². The Hall–Kier alpha value is -1.41. The van der Waals surface area contributed by atoms with Crippen molar-refractivity contribution in [1.82, 2.24) is 5.32 Å². The number of benzene rings is 1. The van der Waals surface area contributed by atoms with Gasteiger partial charge in [-0.15, -0.1) is 0 Å². The van der Waals surface area contributed by atoms with Crippen molar-refractivity contribution < 1.29 is 9.84 Å². The van der Waals surface area contributed by atoms with E-state index >= 15 is 0 Å². The van der Waals surface area contributed by atoms with Crippen molar-refractivity contribution in [3.8, 4) is 6.07 Å². The summed E-state index contributed by atoms with van der Waals surface area (Å²) in [6.07, 6.45) is 1.37. The minimum Gasteiger partial charge on any atom is -0.388 e. The zero-order valence-corrected chi connectivity index (χ0v) is 11.3. The summed E-state index contributed by atoms with van der Waals surface area (Å²) in [5.74, 6) is 0. The minimum absolute atomic E-state index is 0.579. The summed E-state index contributed by atoms with van der Waals surface area (Å²) in [5, 5.41) is 22.4. The number of nitrogens with one attached hydrogen (secondary N) is 1. The monoisotopic (exact) mass is 260 g/mol. The third-order valence-electron chi connectivity index (χ3n) is 3.66. The zero-order valence-electron chi connectivity index (χ0n) is 11.3. The first-order chi connectivity index (χ1) is 9.13. The minimum atomic E-state index is -0.640. The molecule has 0 amide bonds. The average molecular weight is 260 g/mol. The average Bonchev–Trinajstić information content (AvgIpc) is 2.41. The van der Waals surface area contributed by atoms with Crippen LogP contribution in [0.4, 0.5) is 0 Å². The molecule has 1 fully saturated rings. The topological polar surface area (TPSA) is 65.3 Å². The molecule has 1 aromatic carbocycles. The van der Waals surface area contributed by atoms with Gasteiger partial charge >= 0.3 is 0 Å². The molecule has 0 spiro atoms. The van der Waals surface area contributed by atoms with Crippen LogP contribution in [0.1, 0.15) is 29.5 Å². The van der Waals surface area contributed by atoms with Crippen molar-refractivity contribution in [1.29, 1.82) is 5.26 Å². The predicted octanol–water partition coefficient (Wildman–Crippen LogP) is 1.50. The van der Waals surface area contributed by atoms with Crippen molar-refractivity contribution in [2.24, 2.45) is 0 Å². The summed E-state index contributed by atoms with van der Waals surface area (Å²) in [4.78, 5) is 0. The van der Waals surface area contributed by atoms with Gasteiger partial charge in [-0.1, -0.05) is 6.07 Å². The summed E-state index contributed by atoms with van der Waals surface area (Å²) in [6.45, 7) is 4.56. The fourth-order valence-electron chi connectivity index (χ4n) is 2.32. The number of rotatable bonds is 4. The smallest absolute Gasteiger partial charge is 0.0991 e. The van der Waals surface area contributed by atoms with E-state index in [-0.39, 0.29) is 0 Å². The second kappa shape index (κ2) is 6.16. The molecule has 0 aromatic heterocycles. The van der Waals surface area contributed by atoms with Crippen LogP contribution in [-0.2, 0) is 11.3 Å². The summed E-state index contributed by atoms with van der Waals surface area (Å²) in [6, 6.07) is 7.82. The molecule has 4 nitrogen and oxygen atoms in total. The van der Waals surface area contributed by atoms with E-state index in [9.17, 15) is 5.11 Å². The van der Waals surface area contributed by atoms with Crippen LogP contribution in [0, 0.1) is 18.3 Å². The van der Waals surface area contributed by atoms with Crippen molar-refractivity contribution >= 4 is 0 Å². The maximum absolute atomic E-state index is 10.3.